The van der Waals surface area contributed by atoms with Crippen LogP contribution in [0.3, 0.4) is 0 Å². The van der Waals surface area contributed by atoms with Crippen LogP contribution in [0.4, 0.5) is 5.82 Å². The number of piperidine rings is 1. The average molecular weight is 417 g/mol. The van der Waals surface area contributed by atoms with Gasteiger partial charge in [-0.05, 0) is 30.9 Å². The predicted molar refractivity (Wildman–Crippen MR) is 106 cm³/mol. The summed E-state index contributed by atoms with van der Waals surface area (Å²) in [7, 11) is -3.17. The van der Waals surface area contributed by atoms with Gasteiger partial charge in [0.25, 0.3) is 0 Å². The van der Waals surface area contributed by atoms with Gasteiger partial charge in [-0.15, -0.1) is 0 Å². The Morgan fingerprint density at radius 2 is 1.81 bits per heavy atom. The fourth-order valence-corrected chi connectivity index (χ4v) is 5.23. The Bertz CT molecular complexity index is 897. The third-order valence-corrected chi connectivity index (χ3v) is 7.29. The van der Waals surface area contributed by atoms with Gasteiger partial charge in [-0.2, -0.15) is 0 Å². The molecule has 2 heterocycles. The third kappa shape index (κ3) is 4.57. The van der Waals surface area contributed by atoms with Gasteiger partial charge < -0.3 is 5.32 Å². The molecule has 2 aromatic rings. The van der Waals surface area contributed by atoms with Crippen LogP contribution in [0, 0.1) is 5.92 Å². The largest absolute Gasteiger partial charge is 0.366 e. The maximum atomic E-state index is 12.3. The van der Waals surface area contributed by atoms with E-state index in [1.54, 1.807) is 22.6 Å². The number of fused-ring (bicyclic) bond motifs is 1. The van der Waals surface area contributed by atoms with Crippen molar-refractivity contribution >= 4 is 50.1 Å². The number of rotatable bonds is 5. The summed E-state index contributed by atoms with van der Waals surface area (Å²) in [5, 5.41) is 4.24. The molecular formula is C17H22Cl2N4O2S. The first-order valence-corrected chi connectivity index (χ1v) is 11.0. The molecule has 1 saturated heterocycles. The Hall–Kier alpha value is -1.15. The second-order valence-corrected chi connectivity index (χ2v) is 9.83. The lowest BCUT2D eigenvalue weighted by Gasteiger charge is -2.32. The minimum absolute atomic E-state index is 0.129. The zero-order chi connectivity index (χ0) is 18.9. The lowest BCUT2D eigenvalue weighted by molar-refractivity contribution is 0.328. The highest BCUT2D eigenvalue weighted by atomic mass is 35.5. The van der Waals surface area contributed by atoms with Crippen LogP contribution in [0.2, 0.25) is 10.0 Å². The molecule has 1 N–H and O–H groups in total. The lowest BCUT2D eigenvalue weighted by atomic mass is 10.1. The van der Waals surface area contributed by atoms with E-state index in [0.29, 0.717) is 40.0 Å². The number of aromatic nitrogens is 2. The fourth-order valence-electron chi connectivity index (χ4n) is 3.09. The number of hydrogen-bond donors (Lipinski definition) is 1. The van der Waals surface area contributed by atoms with Gasteiger partial charge in [-0.1, -0.05) is 37.0 Å². The summed E-state index contributed by atoms with van der Waals surface area (Å²) in [6.45, 7) is 4.89. The molecule has 9 heteroatoms. The Morgan fingerprint density at radius 1 is 1.19 bits per heavy atom. The summed E-state index contributed by atoms with van der Waals surface area (Å²) in [6, 6.07) is 3.54. The molecule has 0 bridgehead atoms. The highest BCUT2D eigenvalue weighted by molar-refractivity contribution is 7.89. The predicted octanol–water partition coefficient (Wildman–Crippen LogP) is 3.80. The topological polar surface area (TPSA) is 75.2 Å². The van der Waals surface area contributed by atoms with Crippen LogP contribution in [-0.2, 0) is 10.0 Å². The smallest absolute Gasteiger partial charge is 0.214 e. The summed E-state index contributed by atoms with van der Waals surface area (Å²) < 4.78 is 26.2. The number of halogens is 2. The van der Waals surface area contributed by atoms with Crippen molar-refractivity contribution in [2.24, 2.45) is 5.92 Å². The van der Waals surface area contributed by atoms with Crippen molar-refractivity contribution in [2.45, 2.75) is 32.7 Å². The van der Waals surface area contributed by atoms with E-state index < -0.39 is 10.0 Å². The molecule has 0 aliphatic carbocycles. The normalized spacial score (nSPS) is 17.1. The molecule has 6 nitrogen and oxygen atoms in total. The van der Waals surface area contributed by atoms with Gasteiger partial charge in [0.15, 0.2) is 0 Å². The molecule has 0 radical (unpaired) electrons. The van der Waals surface area contributed by atoms with E-state index in [2.05, 4.69) is 15.3 Å². The number of benzene rings is 1. The molecule has 0 saturated carbocycles. The van der Waals surface area contributed by atoms with Crippen molar-refractivity contribution in [3.8, 4) is 0 Å². The van der Waals surface area contributed by atoms with E-state index in [9.17, 15) is 8.42 Å². The van der Waals surface area contributed by atoms with E-state index in [4.69, 9.17) is 23.2 Å². The van der Waals surface area contributed by atoms with Gasteiger partial charge >= 0.3 is 0 Å². The van der Waals surface area contributed by atoms with Gasteiger partial charge in [0, 0.05) is 19.1 Å². The summed E-state index contributed by atoms with van der Waals surface area (Å²) in [4.78, 5) is 8.89. The lowest BCUT2D eigenvalue weighted by Crippen LogP contribution is -2.43. The molecule has 1 aromatic heterocycles. The quantitative estimate of drug-likeness (QED) is 0.801. The van der Waals surface area contributed by atoms with Crippen LogP contribution in [-0.4, -0.2) is 47.6 Å². The Morgan fingerprint density at radius 3 is 2.42 bits per heavy atom. The van der Waals surface area contributed by atoms with Crippen LogP contribution in [0.1, 0.15) is 26.7 Å². The summed E-state index contributed by atoms with van der Waals surface area (Å²) in [5.74, 6) is 0.980. The minimum atomic E-state index is -3.17. The van der Waals surface area contributed by atoms with E-state index >= 15 is 0 Å². The number of nitrogens with zero attached hydrogens (tertiary/aromatic N) is 3. The van der Waals surface area contributed by atoms with Crippen molar-refractivity contribution in [1.82, 2.24) is 14.3 Å². The van der Waals surface area contributed by atoms with E-state index in [0.717, 1.165) is 12.8 Å². The van der Waals surface area contributed by atoms with Crippen LogP contribution >= 0.6 is 23.2 Å². The van der Waals surface area contributed by atoms with Crippen molar-refractivity contribution in [2.75, 3.05) is 24.2 Å². The first-order valence-electron chi connectivity index (χ1n) is 8.61. The Kier molecular flexibility index (Phi) is 5.91. The van der Waals surface area contributed by atoms with Crippen molar-refractivity contribution < 1.29 is 8.42 Å². The molecule has 0 atom stereocenters. The summed E-state index contributed by atoms with van der Waals surface area (Å²) in [5.41, 5.74) is 1.35. The zero-order valence-corrected chi connectivity index (χ0v) is 17.1. The fraction of sp³-hybridized carbons (Fsp3) is 0.529. The minimum Gasteiger partial charge on any atom is -0.366 e. The molecule has 1 aliphatic heterocycles. The molecule has 26 heavy (non-hydrogen) atoms. The average Bonchev–Trinajstić information content (AvgIpc) is 2.55. The number of sulfonamides is 1. The Balaban J connectivity index is 1.64. The summed E-state index contributed by atoms with van der Waals surface area (Å²) in [6.07, 6.45) is 3.13. The van der Waals surface area contributed by atoms with Crippen LogP contribution < -0.4 is 5.32 Å². The van der Waals surface area contributed by atoms with Crippen LogP contribution in [0.15, 0.2) is 18.3 Å². The highest BCUT2D eigenvalue weighted by Gasteiger charge is 2.28. The van der Waals surface area contributed by atoms with E-state index in [1.807, 2.05) is 13.8 Å². The highest BCUT2D eigenvalue weighted by Crippen LogP contribution is 2.27. The van der Waals surface area contributed by atoms with E-state index in [1.165, 1.54) is 0 Å². The van der Waals surface area contributed by atoms with Gasteiger partial charge in [-0.3, -0.25) is 4.98 Å². The molecule has 1 fully saturated rings. The van der Waals surface area contributed by atoms with Crippen LogP contribution in [0.25, 0.3) is 11.0 Å². The van der Waals surface area contributed by atoms with E-state index in [-0.39, 0.29) is 17.7 Å². The van der Waals surface area contributed by atoms with Crippen molar-refractivity contribution in [1.29, 1.82) is 0 Å². The van der Waals surface area contributed by atoms with Gasteiger partial charge in [0.05, 0.1) is 33.0 Å². The van der Waals surface area contributed by atoms with Crippen LogP contribution in [0.5, 0.6) is 0 Å². The maximum Gasteiger partial charge on any atom is 0.214 e. The molecule has 0 spiro atoms. The second kappa shape index (κ2) is 7.84. The SMILES string of the molecule is CC(C)CS(=O)(=O)N1CCC(Nc2cnc3cc(Cl)c(Cl)cc3n2)CC1. The monoisotopic (exact) mass is 416 g/mol. The molecule has 0 unspecified atom stereocenters. The van der Waals surface area contributed by atoms with Gasteiger partial charge in [0.1, 0.15) is 5.82 Å². The number of anilines is 1. The number of nitrogens with one attached hydrogen (secondary N) is 1. The van der Waals surface area contributed by atoms with Gasteiger partial charge in [-0.25, -0.2) is 17.7 Å². The Labute approximate surface area is 164 Å². The second-order valence-electron chi connectivity index (χ2n) is 7.00. The first-order chi connectivity index (χ1) is 12.2. The molecule has 0 amide bonds. The number of hydrogen-bond acceptors (Lipinski definition) is 5. The van der Waals surface area contributed by atoms with Crippen molar-refractivity contribution in [3.05, 3.63) is 28.4 Å². The molecule has 142 valence electrons. The molecule has 1 aromatic carbocycles. The first kappa shape index (κ1) is 19.6. The van der Waals surface area contributed by atoms with Crippen molar-refractivity contribution in [3.63, 3.8) is 0 Å². The maximum absolute atomic E-state index is 12.3. The van der Waals surface area contributed by atoms with Gasteiger partial charge in [0.2, 0.25) is 10.0 Å². The standard InChI is InChI=1S/C17H22Cl2N4O2S/c1-11(2)10-26(24,25)23-5-3-12(4-6-23)21-17-9-20-15-7-13(18)14(19)8-16(15)22-17/h7-9,11-12H,3-6,10H2,1-2H3,(H,21,22). The third-order valence-electron chi connectivity index (χ3n) is 4.33. The molecular weight excluding hydrogens is 395 g/mol. The molecule has 3 rings (SSSR count). The molecule has 1 aliphatic rings. The summed E-state index contributed by atoms with van der Waals surface area (Å²) >= 11 is 12.0. The zero-order valence-electron chi connectivity index (χ0n) is 14.7.